The van der Waals surface area contributed by atoms with E-state index < -0.39 is 0 Å². The van der Waals surface area contributed by atoms with Gasteiger partial charge in [-0.25, -0.2) is 0 Å². The lowest BCUT2D eigenvalue weighted by atomic mass is 9.92. The highest BCUT2D eigenvalue weighted by atomic mass is 16.5. The minimum absolute atomic E-state index is 0.0594. The van der Waals surface area contributed by atoms with E-state index in [-0.39, 0.29) is 11.7 Å². The Morgan fingerprint density at radius 1 is 1.33 bits per heavy atom. The quantitative estimate of drug-likeness (QED) is 0.524. The fourth-order valence-corrected chi connectivity index (χ4v) is 1.81. The van der Waals surface area contributed by atoms with Crippen molar-refractivity contribution in [2.45, 2.75) is 12.8 Å². The Balaban J connectivity index is 2.76. The van der Waals surface area contributed by atoms with E-state index in [0.29, 0.717) is 25.0 Å². The van der Waals surface area contributed by atoms with Gasteiger partial charge in [0.2, 0.25) is 0 Å². The molecule has 3 nitrogen and oxygen atoms in total. The Labute approximate surface area is 108 Å². The number of methoxy groups -OCH3 is 2. The van der Waals surface area contributed by atoms with Crippen molar-refractivity contribution in [3.63, 3.8) is 0 Å². The summed E-state index contributed by atoms with van der Waals surface area (Å²) in [7, 11) is 3.25. The summed E-state index contributed by atoms with van der Waals surface area (Å²) in [5.41, 5.74) is 0.707. The van der Waals surface area contributed by atoms with Crippen molar-refractivity contribution in [3.8, 4) is 5.75 Å². The minimum Gasteiger partial charge on any atom is -0.497 e. The van der Waals surface area contributed by atoms with Crippen LogP contribution in [0.25, 0.3) is 0 Å². The van der Waals surface area contributed by atoms with Gasteiger partial charge >= 0.3 is 0 Å². The smallest absolute Gasteiger partial charge is 0.166 e. The molecule has 0 saturated heterocycles. The van der Waals surface area contributed by atoms with E-state index in [2.05, 4.69) is 6.58 Å². The van der Waals surface area contributed by atoms with Crippen molar-refractivity contribution in [1.29, 1.82) is 0 Å². The standard InChI is InChI=1S/C15H20O3/c1-4-5-12(10-11-17-2)15(16)13-6-8-14(18-3)9-7-13/h4,6-9,12H,1,5,10-11H2,2-3H3. The molecule has 0 saturated carbocycles. The number of carbonyl (C=O) groups is 1. The van der Waals surface area contributed by atoms with Crippen molar-refractivity contribution < 1.29 is 14.3 Å². The van der Waals surface area contributed by atoms with Crippen LogP contribution in [0.2, 0.25) is 0 Å². The Kier molecular flexibility index (Phi) is 6.15. The lowest BCUT2D eigenvalue weighted by molar-refractivity contribution is 0.0881. The molecule has 1 aromatic rings. The van der Waals surface area contributed by atoms with E-state index in [0.717, 1.165) is 5.75 Å². The third-order valence-corrected chi connectivity index (χ3v) is 2.87. The van der Waals surface area contributed by atoms with Crippen LogP contribution < -0.4 is 4.74 Å². The molecule has 0 aliphatic rings. The molecule has 0 N–H and O–H groups in total. The van der Waals surface area contributed by atoms with Crippen molar-refractivity contribution in [2.24, 2.45) is 5.92 Å². The summed E-state index contributed by atoms with van der Waals surface area (Å²) in [6.07, 6.45) is 3.17. The first-order valence-corrected chi connectivity index (χ1v) is 6.01. The molecule has 0 amide bonds. The van der Waals surface area contributed by atoms with E-state index >= 15 is 0 Å². The van der Waals surface area contributed by atoms with E-state index in [1.54, 1.807) is 44.6 Å². The molecule has 0 fully saturated rings. The van der Waals surface area contributed by atoms with Crippen molar-refractivity contribution in [1.82, 2.24) is 0 Å². The molecule has 0 aromatic heterocycles. The third-order valence-electron chi connectivity index (χ3n) is 2.87. The average molecular weight is 248 g/mol. The zero-order chi connectivity index (χ0) is 13.4. The Bertz CT molecular complexity index is 381. The molecule has 3 heteroatoms. The van der Waals surface area contributed by atoms with E-state index in [1.807, 2.05) is 0 Å². The van der Waals surface area contributed by atoms with Gasteiger partial charge in [-0.3, -0.25) is 4.79 Å². The summed E-state index contributed by atoms with van der Waals surface area (Å²) in [6, 6.07) is 7.19. The molecule has 0 aliphatic heterocycles. The molecule has 1 rings (SSSR count). The first-order valence-electron chi connectivity index (χ1n) is 6.01. The number of carbonyl (C=O) groups excluding carboxylic acids is 1. The molecule has 18 heavy (non-hydrogen) atoms. The van der Waals surface area contributed by atoms with Gasteiger partial charge in [-0.1, -0.05) is 6.08 Å². The number of Topliss-reactive ketones (excluding diaryl/α,β-unsaturated/α-hetero) is 1. The number of ketones is 1. The third kappa shape index (κ3) is 4.00. The normalized spacial score (nSPS) is 11.9. The van der Waals surface area contributed by atoms with Crippen LogP contribution in [-0.2, 0) is 4.74 Å². The molecular formula is C15H20O3. The van der Waals surface area contributed by atoms with E-state index in [9.17, 15) is 4.79 Å². The maximum Gasteiger partial charge on any atom is 0.166 e. The van der Waals surface area contributed by atoms with Crippen LogP contribution >= 0.6 is 0 Å². The number of rotatable bonds is 8. The second-order valence-electron chi connectivity index (χ2n) is 4.10. The van der Waals surface area contributed by atoms with Crippen LogP contribution in [0.15, 0.2) is 36.9 Å². The fraction of sp³-hybridized carbons (Fsp3) is 0.400. The summed E-state index contributed by atoms with van der Waals surface area (Å²) >= 11 is 0. The number of benzene rings is 1. The summed E-state index contributed by atoms with van der Waals surface area (Å²) in [4.78, 5) is 12.3. The lowest BCUT2D eigenvalue weighted by Crippen LogP contribution is -2.16. The maximum absolute atomic E-state index is 12.3. The second-order valence-corrected chi connectivity index (χ2v) is 4.10. The predicted molar refractivity (Wildman–Crippen MR) is 72.1 cm³/mol. The zero-order valence-electron chi connectivity index (χ0n) is 11.0. The van der Waals surface area contributed by atoms with Gasteiger partial charge in [0, 0.05) is 25.2 Å². The number of ether oxygens (including phenoxy) is 2. The summed E-state index contributed by atoms with van der Waals surface area (Å²) in [5, 5.41) is 0. The Morgan fingerprint density at radius 2 is 2.00 bits per heavy atom. The molecule has 0 aliphatic carbocycles. The van der Waals surface area contributed by atoms with Crippen molar-refractivity contribution in [3.05, 3.63) is 42.5 Å². The zero-order valence-corrected chi connectivity index (χ0v) is 11.0. The van der Waals surface area contributed by atoms with Gasteiger partial charge in [-0.2, -0.15) is 0 Å². The fourth-order valence-electron chi connectivity index (χ4n) is 1.81. The predicted octanol–water partition coefficient (Wildman–Crippen LogP) is 3.11. The van der Waals surface area contributed by atoms with Gasteiger partial charge in [-0.15, -0.1) is 6.58 Å². The van der Waals surface area contributed by atoms with Crippen LogP contribution in [0.1, 0.15) is 23.2 Å². The molecule has 98 valence electrons. The first kappa shape index (κ1) is 14.5. The van der Waals surface area contributed by atoms with Crippen LogP contribution in [0.4, 0.5) is 0 Å². The van der Waals surface area contributed by atoms with Crippen molar-refractivity contribution >= 4 is 5.78 Å². The molecule has 0 radical (unpaired) electrons. The largest absolute Gasteiger partial charge is 0.497 e. The Hall–Kier alpha value is -1.61. The van der Waals surface area contributed by atoms with Gasteiger partial charge in [-0.05, 0) is 37.1 Å². The lowest BCUT2D eigenvalue weighted by Gasteiger charge is -2.13. The molecule has 0 spiro atoms. The minimum atomic E-state index is -0.0594. The molecule has 1 unspecified atom stereocenters. The maximum atomic E-state index is 12.3. The number of allylic oxidation sites excluding steroid dienone is 1. The van der Waals surface area contributed by atoms with E-state index in [1.165, 1.54) is 0 Å². The van der Waals surface area contributed by atoms with E-state index in [4.69, 9.17) is 9.47 Å². The molecule has 1 atom stereocenters. The second kappa shape index (κ2) is 7.67. The molecule has 1 aromatic carbocycles. The van der Waals surface area contributed by atoms with Crippen LogP contribution in [0.5, 0.6) is 5.75 Å². The summed E-state index contributed by atoms with van der Waals surface area (Å²) in [5.74, 6) is 0.828. The average Bonchev–Trinajstić information content (AvgIpc) is 2.43. The molecule has 0 heterocycles. The van der Waals surface area contributed by atoms with Crippen LogP contribution in [-0.4, -0.2) is 26.6 Å². The SMILES string of the molecule is C=CCC(CCOC)C(=O)c1ccc(OC)cc1. The topological polar surface area (TPSA) is 35.5 Å². The highest BCUT2D eigenvalue weighted by Crippen LogP contribution is 2.19. The highest BCUT2D eigenvalue weighted by molar-refractivity contribution is 5.98. The van der Waals surface area contributed by atoms with Gasteiger partial charge in [0.15, 0.2) is 5.78 Å². The van der Waals surface area contributed by atoms with Gasteiger partial charge in [0.05, 0.1) is 7.11 Å². The van der Waals surface area contributed by atoms with Crippen LogP contribution in [0.3, 0.4) is 0 Å². The monoisotopic (exact) mass is 248 g/mol. The summed E-state index contributed by atoms with van der Waals surface area (Å²) in [6.45, 7) is 4.28. The Morgan fingerprint density at radius 3 is 2.50 bits per heavy atom. The van der Waals surface area contributed by atoms with Crippen molar-refractivity contribution in [2.75, 3.05) is 20.8 Å². The molecular weight excluding hydrogens is 228 g/mol. The van der Waals surface area contributed by atoms with Gasteiger partial charge in [0.25, 0.3) is 0 Å². The van der Waals surface area contributed by atoms with Crippen LogP contribution in [0, 0.1) is 5.92 Å². The molecule has 0 bridgehead atoms. The van der Waals surface area contributed by atoms with Gasteiger partial charge in [0.1, 0.15) is 5.75 Å². The summed E-state index contributed by atoms with van der Waals surface area (Å²) < 4.78 is 10.1. The first-order chi connectivity index (χ1) is 8.72. The van der Waals surface area contributed by atoms with Gasteiger partial charge < -0.3 is 9.47 Å². The number of hydrogen-bond acceptors (Lipinski definition) is 3. The number of hydrogen-bond donors (Lipinski definition) is 0. The highest BCUT2D eigenvalue weighted by Gasteiger charge is 2.18.